The Morgan fingerprint density at radius 2 is 2.14 bits per heavy atom. The third-order valence-electron chi connectivity index (χ3n) is 2.45. The van der Waals surface area contributed by atoms with Crippen LogP contribution in [0.3, 0.4) is 0 Å². The van der Waals surface area contributed by atoms with Gasteiger partial charge in [-0.15, -0.1) is 11.3 Å². The minimum absolute atomic E-state index is 0.0821. The first-order valence-corrected chi connectivity index (χ1v) is 6.70. The number of aryl methyl sites for hydroxylation is 1. The molecule has 2 amide bonds. The SMILES string of the molecule is Cc1ccc(C(=O)NCC(=O)Nc2cc(C(=O)O)[nH]n2)s1. The first-order chi connectivity index (χ1) is 9.95. The molecule has 0 bridgehead atoms. The zero-order chi connectivity index (χ0) is 15.4. The second-order valence-corrected chi connectivity index (χ2v) is 5.40. The third kappa shape index (κ3) is 3.89. The minimum Gasteiger partial charge on any atom is -0.477 e. The molecule has 0 spiro atoms. The van der Waals surface area contributed by atoms with Gasteiger partial charge in [0, 0.05) is 10.9 Å². The molecule has 9 heteroatoms. The summed E-state index contributed by atoms with van der Waals surface area (Å²) >= 11 is 1.33. The Labute approximate surface area is 123 Å². The normalized spacial score (nSPS) is 10.1. The maximum Gasteiger partial charge on any atom is 0.353 e. The van der Waals surface area contributed by atoms with Crippen molar-refractivity contribution < 1.29 is 19.5 Å². The van der Waals surface area contributed by atoms with E-state index in [9.17, 15) is 14.4 Å². The van der Waals surface area contributed by atoms with E-state index in [2.05, 4.69) is 20.8 Å². The first-order valence-electron chi connectivity index (χ1n) is 5.89. The summed E-state index contributed by atoms with van der Waals surface area (Å²) in [6.07, 6.45) is 0. The molecule has 4 N–H and O–H groups in total. The van der Waals surface area contributed by atoms with Crippen molar-refractivity contribution in [3.63, 3.8) is 0 Å². The second-order valence-electron chi connectivity index (χ2n) is 4.11. The topological polar surface area (TPSA) is 124 Å². The van der Waals surface area contributed by atoms with E-state index in [1.807, 2.05) is 13.0 Å². The van der Waals surface area contributed by atoms with Crippen LogP contribution in [0.2, 0.25) is 0 Å². The van der Waals surface area contributed by atoms with Crippen LogP contribution in [-0.4, -0.2) is 39.6 Å². The van der Waals surface area contributed by atoms with Crippen molar-refractivity contribution in [2.24, 2.45) is 0 Å². The molecule has 21 heavy (non-hydrogen) atoms. The van der Waals surface area contributed by atoms with Gasteiger partial charge in [-0.1, -0.05) is 0 Å². The van der Waals surface area contributed by atoms with E-state index in [1.165, 1.54) is 17.4 Å². The summed E-state index contributed by atoms with van der Waals surface area (Å²) in [5.74, 6) is -1.93. The number of H-pyrrole nitrogens is 1. The molecule has 0 unspecified atom stereocenters. The summed E-state index contributed by atoms with van der Waals surface area (Å²) in [5.41, 5.74) is -0.136. The van der Waals surface area contributed by atoms with Crippen molar-refractivity contribution in [1.29, 1.82) is 0 Å². The number of anilines is 1. The summed E-state index contributed by atoms with van der Waals surface area (Å²) in [7, 11) is 0. The maximum absolute atomic E-state index is 11.7. The number of amides is 2. The fourth-order valence-electron chi connectivity index (χ4n) is 1.49. The van der Waals surface area contributed by atoms with E-state index in [4.69, 9.17) is 5.11 Å². The van der Waals surface area contributed by atoms with Gasteiger partial charge in [0.1, 0.15) is 5.69 Å². The summed E-state index contributed by atoms with van der Waals surface area (Å²) in [5, 5.41) is 19.4. The van der Waals surface area contributed by atoms with Crippen LogP contribution >= 0.6 is 11.3 Å². The average Bonchev–Trinajstić information content (AvgIpc) is 3.05. The molecule has 0 atom stereocenters. The number of aromatic carboxylic acids is 1. The van der Waals surface area contributed by atoms with Gasteiger partial charge >= 0.3 is 5.97 Å². The molecule has 110 valence electrons. The van der Waals surface area contributed by atoms with Gasteiger partial charge in [0.05, 0.1) is 11.4 Å². The van der Waals surface area contributed by atoms with Crippen LogP contribution in [0.15, 0.2) is 18.2 Å². The highest BCUT2D eigenvalue weighted by Crippen LogP contribution is 2.14. The monoisotopic (exact) mass is 308 g/mol. The lowest BCUT2D eigenvalue weighted by atomic mass is 10.4. The zero-order valence-electron chi connectivity index (χ0n) is 11.0. The number of rotatable bonds is 5. The summed E-state index contributed by atoms with van der Waals surface area (Å²) < 4.78 is 0. The van der Waals surface area contributed by atoms with Gasteiger partial charge in [-0.3, -0.25) is 14.7 Å². The number of carbonyl (C=O) groups is 3. The molecular weight excluding hydrogens is 296 g/mol. The zero-order valence-corrected chi connectivity index (χ0v) is 11.8. The number of aromatic nitrogens is 2. The highest BCUT2D eigenvalue weighted by molar-refractivity contribution is 7.13. The van der Waals surface area contributed by atoms with Gasteiger partial charge in [0.25, 0.3) is 5.91 Å². The van der Waals surface area contributed by atoms with Crippen LogP contribution < -0.4 is 10.6 Å². The van der Waals surface area contributed by atoms with Crippen molar-refractivity contribution in [1.82, 2.24) is 15.5 Å². The quantitative estimate of drug-likeness (QED) is 0.651. The van der Waals surface area contributed by atoms with Gasteiger partial charge in [0.15, 0.2) is 5.82 Å². The minimum atomic E-state index is -1.18. The van der Waals surface area contributed by atoms with Crippen molar-refractivity contribution in [2.75, 3.05) is 11.9 Å². The van der Waals surface area contributed by atoms with E-state index in [0.717, 1.165) is 4.88 Å². The van der Waals surface area contributed by atoms with E-state index >= 15 is 0 Å². The van der Waals surface area contributed by atoms with Crippen molar-refractivity contribution in [3.8, 4) is 0 Å². The molecule has 2 aromatic rings. The van der Waals surface area contributed by atoms with Crippen molar-refractivity contribution in [2.45, 2.75) is 6.92 Å². The number of aromatic amines is 1. The number of hydrogen-bond donors (Lipinski definition) is 4. The third-order valence-corrected chi connectivity index (χ3v) is 3.45. The summed E-state index contributed by atoms with van der Waals surface area (Å²) in [6, 6.07) is 4.68. The van der Waals surface area contributed by atoms with Crippen LogP contribution in [-0.2, 0) is 4.79 Å². The van der Waals surface area contributed by atoms with Crippen LogP contribution in [0.5, 0.6) is 0 Å². The largest absolute Gasteiger partial charge is 0.477 e. The Morgan fingerprint density at radius 1 is 1.38 bits per heavy atom. The molecule has 0 aliphatic heterocycles. The number of thiophene rings is 1. The number of hydrogen-bond acceptors (Lipinski definition) is 5. The van der Waals surface area contributed by atoms with Gasteiger partial charge in [-0.2, -0.15) is 5.10 Å². The van der Waals surface area contributed by atoms with Gasteiger partial charge < -0.3 is 15.7 Å². The second kappa shape index (κ2) is 6.18. The molecular formula is C12H12N4O4S. The van der Waals surface area contributed by atoms with Crippen LogP contribution in [0.4, 0.5) is 5.82 Å². The van der Waals surface area contributed by atoms with Crippen LogP contribution in [0.1, 0.15) is 25.0 Å². The lowest BCUT2D eigenvalue weighted by molar-refractivity contribution is -0.115. The van der Waals surface area contributed by atoms with Crippen LogP contribution in [0.25, 0.3) is 0 Å². The number of nitrogens with zero attached hydrogens (tertiary/aromatic N) is 1. The molecule has 2 rings (SSSR count). The average molecular weight is 308 g/mol. The Balaban J connectivity index is 1.84. The Kier molecular flexibility index (Phi) is 4.33. The van der Waals surface area contributed by atoms with E-state index in [0.29, 0.717) is 4.88 Å². The lowest BCUT2D eigenvalue weighted by Crippen LogP contribution is -2.32. The highest BCUT2D eigenvalue weighted by Gasteiger charge is 2.12. The van der Waals surface area contributed by atoms with E-state index in [1.54, 1.807) is 6.07 Å². The lowest BCUT2D eigenvalue weighted by Gasteiger charge is -2.03. The Morgan fingerprint density at radius 3 is 2.71 bits per heavy atom. The van der Waals surface area contributed by atoms with Crippen molar-refractivity contribution >= 4 is 34.9 Å². The van der Waals surface area contributed by atoms with E-state index in [-0.39, 0.29) is 24.0 Å². The molecule has 0 radical (unpaired) electrons. The molecule has 8 nitrogen and oxygen atoms in total. The molecule has 0 fully saturated rings. The summed E-state index contributed by atoms with van der Waals surface area (Å²) in [6.45, 7) is 1.65. The summed E-state index contributed by atoms with van der Waals surface area (Å²) in [4.78, 5) is 35.5. The molecule has 0 saturated carbocycles. The first kappa shape index (κ1) is 14.7. The predicted octanol–water partition coefficient (Wildman–Crippen LogP) is 0.846. The number of carbonyl (C=O) groups excluding carboxylic acids is 2. The van der Waals surface area contributed by atoms with Crippen molar-refractivity contribution in [3.05, 3.63) is 33.6 Å². The fourth-order valence-corrected chi connectivity index (χ4v) is 2.27. The van der Waals surface area contributed by atoms with E-state index < -0.39 is 11.9 Å². The van der Waals surface area contributed by atoms with Crippen LogP contribution in [0, 0.1) is 6.92 Å². The standard InChI is InChI=1S/C12H12N4O4S/c1-6-2-3-8(21-6)11(18)13-5-10(17)14-9-4-7(12(19)20)15-16-9/h2-4H,5H2,1H3,(H,13,18)(H,19,20)(H2,14,15,16,17). The molecule has 0 aromatic carbocycles. The number of carboxylic acid groups (broad SMARTS) is 1. The van der Waals surface area contributed by atoms with Gasteiger partial charge in [-0.25, -0.2) is 4.79 Å². The fraction of sp³-hybridized carbons (Fsp3) is 0.167. The van der Waals surface area contributed by atoms with Gasteiger partial charge in [0.2, 0.25) is 5.91 Å². The molecule has 2 heterocycles. The molecule has 0 aliphatic rings. The van der Waals surface area contributed by atoms with Gasteiger partial charge in [-0.05, 0) is 19.1 Å². The highest BCUT2D eigenvalue weighted by atomic mass is 32.1. The molecule has 0 saturated heterocycles. The maximum atomic E-state index is 11.7. The molecule has 2 aromatic heterocycles. The Bertz CT molecular complexity index is 691. The Hall–Kier alpha value is -2.68. The number of nitrogens with one attached hydrogen (secondary N) is 3. The smallest absolute Gasteiger partial charge is 0.353 e. The predicted molar refractivity (Wildman–Crippen MR) is 75.6 cm³/mol. The molecule has 0 aliphatic carbocycles. The number of carboxylic acids is 1.